The quantitative estimate of drug-likeness (QED) is 0.813. The van der Waals surface area contributed by atoms with E-state index in [1.165, 1.54) is 0 Å². The molecule has 1 aromatic carbocycles. The lowest BCUT2D eigenvalue weighted by Gasteiger charge is -2.08. The average molecular weight is 289 g/mol. The fourth-order valence-corrected chi connectivity index (χ4v) is 1.89. The highest BCUT2D eigenvalue weighted by Gasteiger charge is 2.12. The van der Waals surface area contributed by atoms with Gasteiger partial charge < -0.3 is 19.6 Å². The molecule has 5 heteroatoms. The zero-order valence-corrected chi connectivity index (χ0v) is 12.2. The zero-order chi connectivity index (χ0) is 15.2. The Morgan fingerprint density at radius 1 is 1.33 bits per heavy atom. The molecule has 0 amide bonds. The maximum Gasteiger partial charge on any atom is 0.371 e. The first-order valence-corrected chi connectivity index (χ1v) is 6.89. The van der Waals surface area contributed by atoms with Crippen molar-refractivity contribution < 1.29 is 19.1 Å². The van der Waals surface area contributed by atoms with E-state index in [2.05, 4.69) is 12.2 Å². The number of carboxylic acid groups (broad SMARTS) is 1. The minimum Gasteiger partial charge on any atom is -0.494 e. The van der Waals surface area contributed by atoms with Gasteiger partial charge in [0, 0.05) is 17.8 Å². The molecular weight excluding hydrogens is 270 g/mol. The highest BCUT2D eigenvalue weighted by molar-refractivity contribution is 5.84. The SMILES string of the molecule is CCCOc1ccc(NCc2cc(C(=O)O)oc2C)cc1. The highest BCUT2D eigenvalue weighted by Crippen LogP contribution is 2.19. The van der Waals surface area contributed by atoms with Gasteiger partial charge in [0.15, 0.2) is 0 Å². The zero-order valence-electron chi connectivity index (χ0n) is 12.2. The van der Waals surface area contributed by atoms with Crippen LogP contribution in [0.3, 0.4) is 0 Å². The number of nitrogens with one attached hydrogen (secondary N) is 1. The molecule has 0 bridgehead atoms. The summed E-state index contributed by atoms with van der Waals surface area (Å²) in [4.78, 5) is 10.8. The smallest absolute Gasteiger partial charge is 0.371 e. The van der Waals surface area contributed by atoms with Crippen LogP contribution < -0.4 is 10.1 Å². The van der Waals surface area contributed by atoms with E-state index in [1.54, 1.807) is 13.0 Å². The Kier molecular flexibility index (Phi) is 4.87. The van der Waals surface area contributed by atoms with Gasteiger partial charge >= 0.3 is 5.97 Å². The van der Waals surface area contributed by atoms with Crippen molar-refractivity contribution in [3.05, 3.63) is 47.4 Å². The van der Waals surface area contributed by atoms with Gasteiger partial charge in [-0.3, -0.25) is 0 Å². The van der Waals surface area contributed by atoms with E-state index >= 15 is 0 Å². The minimum absolute atomic E-state index is 0.0346. The summed E-state index contributed by atoms with van der Waals surface area (Å²) in [5, 5.41) is 12.1. The molecule has 0 aliphatic carbocycles. The molecule has 2 aromatic rings. The fourth-order valence-electron chi connectivity index (χ4n) is 1.89. The Hall–Kier alpha value is -2.43. The lowest BCUT2D eigenvalue weighted by Crippen LogP contribution is -2.00. The van der Waals surface area contributed by atoms with Crippen molar-refractivity contribution in [2.24, 2.45) is 0 Å². The standard InChI is InChI=1S/C16H19NO4/c1-3-8-20-14-6-4-13(5-7-14)17-10-12-9-15(16(18)19)21-11(12)2/h4-7,9,17H,3,8,10H2,1-2H3,(H,18,19). The van der Waals surface area contributed by atoms with Crippen molar-refractivity contribution in [3.8, 4) is 5.75 Å². The number of anilines is 1. The molecule has 0 aliphatic rings. The van der Waals surface area contributed by atoms with Crippen LogP contribution in [-0.2, 0) is 6.54 Å². The summed E-state index contributed by atoms with van der Waals surface area (Å²) in [7, 11) is 0. The molecule has 2 N–H and O–H groups in total. The topological polar surface area (TPSA) is 71.7 Å². The molecule has 21 heavy (non-hydrogen) atoms. The Morgan fingerprint density at radius 2 is 2.05 bits per heavy atom. The monoisotopic (exact) mass is 289 g/mol. The summed E-state index contributed by atoms with van der Waals surface area (Å²) in [5.74, 6) is 0.368. The first-order chi connectivity index (χ1) is 10.1. The Labute approximate surface area is 123 Å². The maximum atomic E-state index is 10.8. The normalized spacial score (nSPS) is 10.4. The predicted molar refractivity (Wildman–Crippen MR) is 80.0 cm³/mol. The van der Waals surface area contributed by atoms with E-state index < -0.39 is 5.97 Å². The summed E-state index contributed by atoms with van der Waals surface area (Å²) >= 11 is 0. The molecule has 1 aromatic heterocycles. The van der Waals surface area contributed by atoms with Gasteiger partial charge in [-0.25, -0.2) is 4.79 Å². The summed E-state index contributed by atoms with van der Waals surface area (Å²) in [6, 6.07) is 9.21. The fraction of sp³-hybridized carbons (Fsp3) is 0.312. The molecule has 0 atom stereocenters. The number of rotatable bonds is 7. The second kappa shape index (κ2) is 6.83. The number of furan rings is 1. The first-order valence-electron chi connectivity index (χ1n) is 6.89. The second-order valence-electron chi connectivity index (χ2n) is 4.72. The van der Waals surface area contributed by atoms with E-state index in [9.17, 15) is 4.79 Å². The van der Waals surface area contributed by atoms with Crippen LogP contribution in [0.5, 0.6) is 5.75 Å². The number of carbonyl (C=O) groups is 1. The van der Waals surface area contributed by atoms with Crippen LogP contribution >= 0.6 is 0 Å². The molecule has 2 rings (SSSR count). The summed E-state index contributed by atoms with van der Waals surface area (Å²) < 4.78 is 10.7. The molecule has 0 aliphatic heterocycles. The van der Waals surface area contributed by atoms with Crippen LogP contribution in [0.1, 0.15) is 35.2 Å². The van der Waals surface area contributed by atoms with Crippen LogP contribution in [0.4, 0.5) is 5.69 Å². The number of carboxylic acids is 1. The van der Waals surface area contributed by atoms with E-state index in [4.69, 9.17) is 14.3 Å². The van der Waals surface area contributed by atoms with E-state index in [-0.39, 0.29) is 5.76 Å². The van der Waals surface area contributed by atoms with Crippen LogP contribution in [0.25, 0.3) is 0 Å². The van der Waals surface area contributed by atoms with Crippen molar-refractivity contribution in [2.75, 3.05) is 11.9 Å². The molecule has 1 heterocycles. The van der Waals surface area contributed by atoms with Gasteiger partial charge in [-0.2, -0.15) is 0 Å². The molecule has 0 fully saturated rings. The number of aryl methyl sites for hydroxylation is 1. The largest absolute Gasteiger partial charge is 0.494 e. The minimum atomic E-state index is -1.05. The van der Waals surface area contributed by atoms with E-state index in [1.807, 2.05) is 24.3 Å². The molecule has 0 radical (unpaired) electrons. The Balaban J connectivity index is 1.95. The molecular formula is C16H19NO4. The van der Waals surface area contributed by atoms with Crippen molar-refractivity contribution in [2.45, 2.75) is 26.8 Å². The first kappa shape index (κ1) is 15.0. The third-order valence-electron chi connectivity index (χ3n) is 3.04. The lowest BCUT2D eigenvalue weighted by molar-refractivity contribution is 0.0661. The van der Waals surface area contributed by atoms with Crippen LogP contribution in [-0.4, -0.2) is 17.7 Å². The number of ether oxygens (including phenoxy) is 1. The van der Waals surface area contributed by atoms with Gasteiger partial charge in [0.05, 0.1) is 6.61 Å². The number of aromatic carboxylic acids is 1. The van der Waals surface area contributed by atoms with Crippen molar-refractivity contribution in [3.63, 3.8) is 0 Å². The van der Waals surface area contributed by atoms with E-state index in [0.29, 0.717) is 18.9 Å². The average Bonchev–Trinajstić information content (AvgIpc) is 2.85. The van der Waals surface area contributed by atoms with Gasteiger partial charge in [0.1, 0.15) is 11.5 Å². The van der Waals surface area contributed by atoms with Gasteiger partial charge in [-0.1, -0.05) is 6.92 Å². The predicted octanol–water partition coefficient (Wildman–Crippen LogP) is 3.69. The van der Waals surface area contributed by atoms with Crippen LogP contribution in [0.2, 0.25) is 0 Å². The van der Waals surface area contributed by atoms with Gasteiger partial charge in [-0.05, 0) is 43.7 Å². The number of hydrogen-bond donors (Lipinski definition) is 2. The Morgan fingerprint density at radius 3 is 2.62 bits per heavy atom. The Bertz CT molecular complexity index is 601. The number of benzene rings is 1. The summed E-state index contributed by atoms with van der Waals surface area (Å²) in [6.45, 7) is 5.04. The third kappa shape index (κ3) is 4.02. The molecule has 0 unspecified atom stereocenters. The second-order valence-corrected chi connectivity index (χ2v) is 4.72. The lowest BCUT2D eigenvalue weighted by atomic mass is 10.2. The molecule has 0 saturated carbocycles. The molecule has 5 nitrogen and oxygen atoms in total. The highest BCUT2D eigenvalue weighted by atomic mass is 16.5. The molecule has 0 saturated heterocycles. The van der Waals surface area contributed by atoms with Crippen LogP contribution in [0, 0.1) is 6.92 Å². The van der Waals surface area contributed by atoms with Crippen LogP contribution in [0.15, 0.2) is 34.7 Å². The van der Waals surface area contributed by atoms with Gasteiger partial charge in [0.25, 0.3) is 0 Å². The maximum absolute atomic E-state index is 10.8. The summed E-state index contributed by atoms with van der Waals surface area (Å²) in [5.41, 5.74) is 1.77. The van der Waals surface area contributed by atoms with Crippen molar-refractivity contribution in [1.82, 2.24) is 0 Å². The van der Waals surface area contributed by atoms with Gasteiger partial charge in [0.2, 0.25) is 5.76 Å². The van der Waals surface area contributed by atoms with Crippen molar-refractivity contribution in [1.29, 1.82) is 0 Å². The van der Waals surface area contributed by atoms with Crippen molar-refractivity contribution >= 4 is 11.7 Å². The number of hydrogen-bond acceptors (Lipinski definition) is 4. The third-order valence-corrected chi connectivity index (χ3v) is 3.04. The molecule has 0 spiro atoms. The summed E-state index contributed by atoms with van der Waals surface area (Å²) in [6.07, 6.45) is 0.978. The van der Waals surface area contributed by atoms with E-state index in [0.717, 1.165) is 23.4 Å². The van der Waals surface area contributed by atoms with Gasteiger partial charge in [-0.15, -0.1) is 0 Å². The molecule has 112 valence electrons.